The molecule has 3 heterocycles. The average Bonchev–Trinajstić information content (AvgIpc) is 3.25. The molecule has 1 aliphatic rings. The lowest BCUT2D eigenvalue weighted by atomic mass is 10.0. The highest BCUT2D eigenvalue weighted by Gasteiger charge is 2.41. The first-order valence-corrected chi connectivity index (χ1v) is 9.24. The molecule has 126 valence electrons. The monoisotopic (exact) mass is 369 g/mol. The number of anilines is 1. The van der Waals surface area contributed by atoms with Crippen LogP contribution in [0.15, 0.2) is 60.1 Å². The third-order valence-corrected chi connectivity index (χ3v) is 5.61. The van der Waals surface area contributed by atoms with E-state index < -0.39 is 0 Å². The number of nitrogens with one attached hydrogen (secondary N) is 1. The fourth-order valence-electron chi connectivity index (χ4n) is 3.16. The maximum atomic E-state index is 13.7. The van der Waals surface area contributed by atoms with Crippen molar-refractivity contribution in [1.82, 2.24) is 10.3 Å². The number of aromatic nitrogens is 1. The molecule has 25 heavy (non-hydrogen) atoms. The summed E-state index contributed by atoms with van der Waals surface area (Å²) in [4.78, 5) is 7.76. The van der Waals surface area contributed by atoms with Crippen molar-refractivity contribution in [3.8, 4) is 0 Å². The summed E-state index contributed by atoms with van der Waals surface area (Å²) in [6.07, 6.45) is 1.79. The molecule has 0 amide bonds. The molecule has 3 nitrogen and oxygen atoms in total. The second kappa shape index (κ2) is 6.54. The highest BCUT2D eigenvalue weighted by Crippen LogP contribution is 2.43. The van der Waals surface area contributed by atoms with Gasteiger partial charge in [-0.15, -0.1) is 11.3 Å². The molecule has 2 atom stereocenters. The van der Waals surface area contributed by atoms with Gasteiger partial charge in [-0.25, -0.2) is 4.39 Å². The van der Waals surface area contributed by atoms with Crippen LogP contribution >= 0.6 is 23.6 Å². The third-order valence-electron chi connectivity index (χ3n) is 4.35. The van der Waals surface area contributed by atoms with Crippen LogP contribution in [0.5, 0.6) is 0 Å². The van der Waals surface area contributed by atoms with Crippen molar-refractivity contribution in [2.75, 3.05) is 4.90 Å². The van der Waals surface area contributed by atoms with Crippen LogP contribution in [0.1, 0.15) is 28.2 Å². The summed E-state index contributed by atoms with van der Waals surface area (Å²) in [6, 6.07) is 15.0. The average molecular weight is 369 g/mol. The molecule has 0 radical (unpaired) electrons. The topological polar surface area (TPSA) is 28.2 Å². The zero-order valence-corrected chi connectivity index (χ0v) is 15.2. The fraction of sp³-hybridized carbons (Fsp3) is 0.158. The zero-order valence-electron chi connectivity index (χ0n) is 13.5. The molecule has 2 aromatic heterocycles. The highest BCUT2D eigenvalue weighted by molar-refractivity contribution is 7.80. The lowest BCUT2D eigenvalue weighted by molar-refractivity contribution is 0.574. The van der Waals surface area contributed by atoms with Gasteiger partial charge in [-0.2, -0.15) is 0 Å². The third kappa shape index (κ3) is 2.92. The molecule has 1 aliphatic heterocycles. The number of rotatable bonds is 3. The second-order valence-electron chi connectivity index (χ2n) is 5.95. The molecule has 3 aromatic rings. The molecule has 1 fully saturated rings. The van der Waals surface area contributed by atoms with E-state index in [1.807, 2.05) is 30.3 Å². The number of thiophene rings is 1. The Bertz CT molecular complexity index is 896. The predicted octanol–water partition coefficient (Wildman–Crippen LogP) is 4.77. The molecule has 0 aliphatic carbocycles. The van der Waals surface area contributed by atoms with Gasteiger partial charge < -0.3 is 10.2 Å². The Labute approximate surface area is 155 Å². The number of aryl methyl sites for hydroxylation is 1. The number of hydrogen-bond acceptors (Lipinski definition) is 3. The Morgan fingerprint density at radius 2 is 2.08 bits per heavy atom. The van der Waals surface area contributed by atoms with Gasteiger partial charge in [0.25, 0.3) is 0 Å². The molecular formula is C19H16FN3S2. The van der Waals surface area contributed by atoms with Gasteiger partial charge in [0, 0.05) is 16.8 Å². The van der Waals surface area contributed by atoms with E-state index in [1.54, 1.807) is 30.5 Å². The molecule has 1 N–H and O–H groups in total. The van der Waals surface area contributed by atoms with Gasteiger partial charge in [-0.1, -0.05) is 12.1 Å². The van der Waals surface area contributed by atoms with Crippen LogP contribution in [0.3, 0.4) is 0 Å². The molecule has 1 aromatic carbocycles. The Hall–Kier alpha value is -2.31. The van der Waals surface area contributed by atoms with E-state index >= 15 is 0 Å². The zero-order chi connectivity index (χ0) is 17.4. The van der Waals surface area contributed by atoms with Crippen LogP contribution in [-0.2, 0) is 0 Å². The summed E-state index contributed by atoms with van der Waals surface area (Å²) in [6.45, 7) is 1.77. The van der Waals surface area contributed by atoms with Crippen LogP contribution in [0.4, 0.5) is 10.1 Å². The molecule has 4 rings (SSSR count). The predicted molar refractivity (Wildman–Crippen MR) is 103 cm³/mol. The van der Waals surface area contributed by atoms with E-state index in [-0.39, 0.29) is 17.9 Å². The van der Waals surface area contributed by atoms with E-state index in [2.05, 4.69) is 26.6 Å². The van der Waals surface area contributed by atoms with Crippen LogP contribution < -0.4 is 10.2 Å². The van der Waals surface area contributed by atoms with Crippen molar-refractivity contribution >= 4 is 34.4 Å². The van der Waals surface area contributed by atoms with Gasteiger partial charge in [0.1, 0.15) is 5.82 Å². The summed E-state index contributed by atoms with van der Waals surface area (Å²) in [5.41, 5.74) is 2.42. The van der Waals surface area contributed by atoms with Crippen LogP contribution in [0.2, 0.25) is 0 Å². The number of halogens is 1. The van der Waals surface area contributed by atoms with E-state index in [0.717, 1.165) is 11.4 Å². The van der Waals surface area contributed by atoms with Crippen molar-refractivity contribution in [2.45, 2.75) is 19.0 Å². The minimum absolute atomic E-state index is 0.0211. The SMILES string of the molecule is Cc1cc(N2C(=S)N[C@H](c3ccccn3)[C@H]2c2cccs2)ccc1F. The normalized spacial score (nSPS) is 19.9. The Morgan fingerprint density at radius 3 is 2.76 bits per heavy atom. The van der Waals surface area contributed by atoms with E-state index in [0.29, 0.717) is 10.7 Å². The second-order valence-corrected chi connectivity index (χ2v) is 7.31. The van der Waals surface area contributed by atoms with E-state index in [1.165, 1.54) is 10.9 Å². The first-order valence-electron chi connectivity index (χ1n) is 7.95. The molecule has 1 saturated heterocycles. The summed E-state index contributed by atoms with van der Waals surface area (Å²) in [5.74, 6) is -0.212. The van der Waals surface area contributed by atoms with E-state index in [4.69, 9.17) is 12.2 Å². The number of thiocarbonyl (C=S) groups is 1. The van der Waals surface area contributed by atoms with Gasteiger partial charge in [0.05, 0.1) is 17.8 Å². The fourth-order valence-corrected chi connectivity index (χ4v) is 4.36. The maximum Gasteiger partial charge on any atom is 0.174 e. The van der Waals surface area contributed by atoms with E-state index in [9.17, 15) is 4.39 Å². The number of pyridine rings is 1. The number of nitrogens with zero attached hydrogens (tertiary/aromatic N) is 2. The van der Waals surface area contributed by atoms with Crippen LogP contribution in [-0.4, -0.2) is 10.1 Å². The standard InChI is InChI=1S/C19H16FN3S2/c1-12-11-13(7-8-14(12)20)23-18(16-6-4-10-25-16)17(22-19(23)24)15-5-2-3-9-21-15/h2-11,17-18H,1H3,(H,22,24)/t17-,18-/m1/s1. The minimum atomic E-state index is -0.212. The quantitative estimate of drug-likeness (QED) is 0.673. The number of benzene rings is 1. The smallest absolute Gasteiger partial charge is 0.174 e. The van der Waals surface area contributed by atoms with Gasteiger partial charge in [0.15, 0.2) is 5.11 Å². The lowest BCUT2D eigenvalue weighted by Gasteiger charge is -2.27. The van der Waals surface area contributed by atoms with Gasteiger partial charge in [0.2, 0.25) is 0 Å². The Kier molecular flexibility index (Phi) is 4.23. The summed E-state index contributed by atoms with van der Waals surface area (Å²) >= 11 is 7.31. The van der Waals surface area contributed by atoms with Crippen LogP contribution in [0.25, 0.3) is 0 Å². The molecule has 0 spiro atoms. The molecule has 0 bridgehead atoms. The highest BCUT2D eigenvalue weighted by atomic mass is 32.1. The molecule has 6 heteroatoms. The van der Waals surface area contributed by atoms with Crippen molar-refractivity contribution in [3.63, 3.8) is 0 Å². The number of hydrogen-bond donors (Lipinski definition) is 1. The Balaban J connectivity index is 1.82. The van der Waals surface area contributed by atoms with Crippen molar-refractivity contribution in [3.05, 3.63) is 82.1 Å². The summed E-state index contributed by atoms with van der Waals surface area (Å²) in [5, 5.41) is 6.08. The summed E-state index contributed by atoms with van der Waals surface area (Å²) < 4.78 is 13.7. The van der Waals surface area contributed by atoms with Crippen LogP contribution in [0, 0.1) is 12.7 Å². The molecule has 0 saturated carbocycles. The maximum absolute atomic E-state index is 13.7. The first kappa shape index (κ1) is 16.2. The Morgan fingerprint density at radius 1 is 1.20 bits per heavy atom. The minimum Gasteiger partial charge on any atom is -0.351 e. The van der Waals surface area contributed by atoms with Crippen molar-refractivity contribution in [2.24, 2.45) is 0 Å². The first-order chi connectivity index (χ1) is 12.1. The van der Waals surface area contributed by atoms with Gasteiger partial charge >= 0.3 is 0 Å². The molecular weight excluding hydrogens is 353 g/mol. The van der Waals surface area contributed by atoms with Gasteiger partial charge in [-0.05, 0) is 66.5 Å². The van der Waals surface area contributed by atoms with Crippen molar-refractivity contribution < 1.29 is 4.39 Å². The molecule has 0 unspecified atom stereocenters. The summed E-state index contributed by atoms with van der Waals surface area (Å²) in [7, 11) is 0. The van der Waals surface area contributed by atoms with Gasteiger partial charge in [-0.3, -0.25) is 4.98 Å². The lowest BCUT2D eigenvalue weighted by Crippen LogP contribution is -2.29. The largest absolute Gasteiger partial charge is 0.351 e. The van der Waals surface area contributed by atoms with Crippen molar-refractivity contribution in [1.29, 1.82) is 0 Å².